The minimum Gasteiger partial charge on any atom is -0.382 e. The van der Waals surface area contributed by atoms with Crippen LogP contribution in [0.15, 0.2) is 30.3 Å². The van der Waals surface area contributed by atoms with Crippen molar-refractivity contribution in [2.24, 2.45) is 5.92 Å². The maximum Gasteiger partial charge on any atom is 0.272 e. The third-order valence-electron chi connectivity index (χ3n) is 5.74. The molecule has 30 heavy (non-hydrogen) atoms. The van der Waals surface area contributed by atoms with Crippen LogP contribution in [0.2, 0.25) is 0 Å². The van der Waals surface area contributed by atoms with Crippen LogP contribution in [0, 0.1) is 5.92 Å². The maximum atomic E-state index is 13.1. The van der Waals surface area contributed by atoms with E-state index >= 15 is 0 Å². The number of nitrogens with zero attached hydrogens (tertiary/aromatic N) is 1. The molecule has 0 spiro atoms. The highest BCUT2D eigenvalue weighted by atomic mass is 16.5. The number of rotatable bonds is 10. The monoisotopic (exact) mass is 419 g/mol. The van der Waals surface area contributed by atoms with Gasteiger partial charge in [-0.2, -0.15) is 0 Å². The van der Waals surface area contributed by atoms with E-state index in [4.69, 9.17) is 5.21 Å². The normalized spacial score (nSPS) is 19.1. The minimum atomic E-state index is -1.66. The fourth-order valence-electron chi connectivity index (χ4n) is 3.88. The van der Waals surface area contributed by atoms with Gasteiger partial charge in [-0.25, -0.2) is 5.48 Å². The summed E-state index contributed by atoms with van der Waals surface area (Å²) in [6, 6.07) is 9.25. The zero-order valence-corrected chi connectivity index (χ0v) is 17.7. The van der Waals surface area contributed by atoms with E-state index in [1.165, 1.54) is 10.4 Å². The molecule has 1 fully saturated rings. The Balaban J connectivity index is 2.03. The van der Waals surface area contributed by atoms with Crippen molar-refractivity contribution in [3.63, 3.8) is 0 Å². The molecule has 0 aromatic heterocycles. The molecule has 8 heteroatoms. The standard InChI is InChI=1S/C22H33N3O5/c1-3-4-11-17(19(26)21(28)24-30)22(29)25-13-8-12-18(25)20(27)23-14-15(2)16-9-6-5-7-10-16/h5-7,9-10,15,17-19,26,30H,3-4,8,11-14H2,1-2H3,(H,23,27)(H,24,28)/t15?,17?,18-,19?/m0/s1. The molecule has 2 rings (SSSR count). The summed E-state index contributed by atoms with van der Waals surface area (Å²) >= 11 is 0. The highest BCUT2D eigenvalue weighted by Gasteiger charge is 2.40. The van der Waals surface area contributed by atoms with Crippen LogP contribution in [0.4, 0.5) is 0 Å². The van der Waals surface area contributed by atoms with Crippen LogP contribution in [0.25, 0.3) is 0 Å². The molecular weight excluding hydrogens is 386 g/mol. The van der Waals surface area contributed by atoms with Gasteiger partial charge in [-0.3, -0.25) is 19.6 Å². The van der Waals surface area contributed by atoms with Gasteiger partial charge in [0.25, 0.3) is 5.91 Å². The van der Waals surface area contributed by atoms with Crippen molar-refractivity contribution in [3.8, 4) is 0 Å². The predicted octanol–water partition coefficient (Wildman–Crippen LogP) is 1.57. The number of hydrogen-bond acceptors (Lipinski definition) is 5. The first-order valence-corrected chi connectivity index (χ1v) is 10.7. The van der Waals surface area contributed by atoms with Crippen molar-refractivity contribution in [1.82, 2.24) is 15.7 Å². The second-order valence-electron chi connectivity index (χ2n) is 7.92. The van der Waals surface area contributed by atoms with Gasteiger partial charge < -0.3 is 15.3 Å². The number of carbonyl (C=O) groups is 3. The summed E-state index contributed by atoms with van der Waals surface area (Å²) in [4.78, 5) is 39.1. The van der Waals surface area contributed by atoms with Gasteiger partial charge in [-0.1, -0.05) is 57.0 Å². The lowest BCUT2D eigenvalue weighted by molar-refractivity contribution is -0.152. The topological polar surface area (TPSA) is 119 Å². The van der Waals surface area contributed by atoms with Crippen LogP contribution < -0.4 is 10.8 Å². The lowest BCUT2D eigenvalue weighted by Crippen LogP contribution is -2.52. The van der Waals surface area contributed by atoms with Crippen LogP contribution in [-0.2, 0) is 14.4 Å². The zero-order chi connectivity index (χ0) is 22.1. The second kappa shape index (κ2) is 11.7. The molecule has 8 nitrogen and oxygen atoms in total. The largest absolute Gasteiger partial charge is 0.382 e. The molecule has 0 bridgehead atoms. The molecular formula is C22H33N3O5. The van der Waals surface area contributed by atoms with Gasteiger partial charge in [0.1, 0.15) is 12.1 Å². The van der Waals surface area contributed by atoms with Gasteiger partial charge in [0.2, 0.25) is 11.8 Å². The lowest BCUT2D eigenvalue weighted by atomic mass is 9.93. The summed E-state index contributed by atoms with van der Waals surface area (Å²) < 4.78 is 0. The fourth-order valence-corrected chi connectivity index (χ4v) is 3.88. The van der Waals surface area contributed by atoms with Gasteiger partial charge in [0.15, 0.2) is 0 Å². The number of hydrogen-bond donors (Lipinski definition) is 4. The number of hydroxylamine groups is 1. The van der Waals surface area contributed by atoms with E-state index in [1.807, 2.05) is 44.2 Å². The van der Waals surface area contributed by atoms with Crippen molar-refractivity contribution in [2.75, 3.05) is 13.1 Å². The molecule has 1 aliphatic rings. The van der Waals surface area contributed by atoms with E-state index < -0.39 is 29.9 Å². The smallest absolute Gasteiger partial charge is 0.272 e. The van der Waals surface area contributed by atoms with Gasteiger partial charge in [0.05, 0.1) is 5.92 Å². The van der Waals surface area contributed by atoms with E-state index in [0.29, 0.717) is 38.8 Å². The number of carbonyl (C=O) groups excluding carboxylic acids is 3. The summed E-state index contributed by atoms with van der Waals surface area (Å²) in [6.07, 6.45) is 1.31. The summed E-state index contributed by atoms with van der Waals surface area (Å²) in [7, 11) is 0. The molecule has 0 radical (unpaired) electrons. The van der Waals surface area contributed by atoms with Gasteiger partial charge in [-0.15, -0.1) is 0 Å². The first kappa shape index (κ1) is 23.8. The fraction of sp³-hybridized carbons (Fsp3) is 0.591. The number of aliphatic hydroxyl groups is 1. The first-order chi connectivity index (χ1) is 14.4. The maximum absolute atomic E-state index is 13.1. The Morgan fingerprint density at radius 2 is 1.93 bits per heavy atom. The predicted molar refractivity (Wildman–Crippen MR) is 112 cm³/mol. The molecule has 3 unspecified atom stereocenters. The third kappa shape index (κ3) is 6.03. The first-order valence-electron chi connectivity index (χ1n) is 10.7. The van der Waals surface area contributed by atoms with Crippen molar-refractivity contribution in [1.29, 1.82) is 0 Å². The number of nitrogens with one attached hydrogen (secondary N) is 2. The van der Waals surface area contributed by atoms with E-state index in [-0.39, 0.29) is 11.8 Å². The zero-order valence-electron chi connectivity index (χ0n) is 17.7. The quantitative estimate of drug-likeness (QED) is 0.339. The molecule has 4 atom stereocenters. The number of aliphatic hydroxyl groups excluding tert-OH is 1. The van der Waals surface area contributed by atoms with Gasteiger partial charge in [-0.05, 0) is 30.7 Å². The van der Waals surface area contributed by atoms with Crippen LogP contribution in [-0.4, -0.2) is 58.2 Å². The Hall–Kier alpha value is -2.45. The average Bonchev–Trinajstić information content (AvgIpc) is 3.27. The summed E-state index contributed by atoms with van der Waals surface area (Å²) in [6.45, 7) is 4.83. The van der Waals surface area contributed by atoms with Gasteiger partial charge >= 0.3 is 0 Å². The summed E-state index contributed by atoms with van der Waals surface area (Å²) in [5.41, 5.74) is 2.53. The average molecular weight is 420 g/mol. The number of amides is 3. The molecule has 0 saturated carbocycles. The Bertz CT molecular complexity index is 712. The van der Waals surface area contributed by atoms with E-state index in [0.717, 1.165) is 12.0 Å². The van der Waals surface area contributed by atoms with E-state index in [9.17, 15) is 19.5 Å². The van der Waals surface area contributed by atoms with Crippen molar-refractivity contribution < 1.29 is 24.7 Å². The molecule has 1 aromatic rings. The van der Waals surface area contributed by atoms with E-state index in [2.05, 4.69) is 5.32 Å². The number of likely N-dealkylation sites (tertiary alicyclic amines) is 1. The van der Waals surface area contributed by atoms with Crippen molar-refractivity contribution >= 4 is 17.7 Å². The summed E-state index contributed by atoms with van der Waals surface area (Å²) in [5, 5.41) is 22.0. The Morgan fingerprint density at radius 1 is 1.23 bits per heavy atom. The van der Waals surface area contributed by atoms with Gasteiger partial charge in [0, 0.05) is 13.1 Å². The van der Waals surface area contributed by atoms with Crippen LogP contribution in [0.5, 0.6) is 0 Å². The van der Waals surface area contributed by atoms with Crippen LogP contribution in [0.1, 0.15) is 57.4 Å². The molecule has 3 amide bonds. The van der Waals surface area contributed by atoms with E-state index in [1.54, 1.807) is 0 Å². The second-order valence-corrected chi connectivity index (χ2v) is 7.92. The molecule has 1 heterocycles. The van der Waals surface area contributed by atoms with Crippen molar-refractivity contribution in [3.05, 3.63) is 35.9 Å². The molecule has 1 aromatic carbocycles. The highest BCUT2D eigenvalue weighted by molar-refractivity contribution is 5.92. The Morgan fingerprint density at radius 3 is 2.57 bits per heavy atom. The Kier molecular flexibility index (Phi) is 9.26. The lowest BCUT2D eigenvalue weighted by Gasteiger charge is -2.30. The van der Waals surface area contributed by atoms with Crippen molar-refractivity contribution in [2.45, 2.75) is 64.0 Å². The Labute approximate surface area is 177 Å². The molecule has 4 N–H and O–H groups in total. The minimum absolute atomic E-state index is 0.132. The third-order valence-corrected chi connectivity index (χ3v) is 5.74. The molecule has 1 saturated heterocycles. The summed E-state index contributed by atoms with van der Waals surface area (Å²) in [5.74, 6) is -2.52. The number of benzene rings is 1. The molecule has 166 valence electrons. The highest BCUT2D eigenvalue weighted by Crippen LogP contribution is 2.25. The van der Waals surface area contributed by atoms with Crippen LogP contribution in [0.3, 0.4) is 0 Å². The van der Waals surface area contributed by atoms with Crippen LogP contribution >= 0.6 is 0 Å². The SMILES string of the molecule is CCCCC(C(=O)N1CCC[C@H]1C(=O)NCC(C)c1ccccc1)C(O)C(=O)NO. The molecule has 1 aliphatic heterocycles. The number of unbranched alkanes of at least 4 members (excludes halogenated alkanes) is 1. The molecule has 0 aliphatic carbocycles.